The van der Waals surface area contributed by atoms with Crippen LogP contribution >= 0.6 is 0 Å². The number of hydrogen-bond donors (Lipinski definition) is 1. The highest BCUT2D eigenvalue weighted by molar-refractivity contribution is 6.07. The van der Waals surface area contributed by atoms with Crippen molar-refractivity contribution in [1.29, 1.82) is 0 Å². The predicted octanol–water partition coefficient (Wildman–Crippen LogP) is 2.91. The molecule has 8 heteroatoms. The third-order valence-electron chi connectivity index (χ3n) is 7.79. The van der Waals surface area contributed by atoms with Crippen LogP contribution in [0.15, 0.2) is 30.5 Å². The lowest BCUT2D eigenvalue weighted by Gasteiger charge is -2.40. The Balaban J connectivity index is 1.37. The molecule has 1 N–H and O–H groups in total. The van der Waals surface area contributed by atoms with E-state index in [1.54, 1.807) is 18.3 Å². The van der Waals surface area contributed by atoms with Gasteiger partial charge in [0.15, 0.2) is 0 Å². The molecule has 8 nitrogen and oxygen atoms in total. The van der Waals surface area contributed by atoms with Crippen LogP contribution in [-0.2, 0) is 9.59 Å². The monoisotopic (exact) mass is 467 g/mol. The Labute approximate surface area is 202 Å². The summed E-state index contributed by atoms with van der Waals surface area (Å²) < 4.78 is 0. The van der Waals surface area contributed by atoms with Crippen molar-refractivity contribution in [2.45, 2.75) is 63.5 Å². The third-order valence-corrected chi connectivity index (χ3v) is 7.79. The number of pyridine rings is 1. The lowest BCUT2D eigenvalue weighted by Crippen LogP contribution is -2.56. The van der Waals surface area contributed by atoms with Gasteiger partial charge in [-0.15, -0.1) is 0 Å². The molecule has 3 saturated heterocycles. The topological polar surface area (TPSA) is 85.8 Å². The summed E-state index contributed by atoms with van der Waals surface area (Å²) in [4.78, 5) is 49.0. The summed E-state index contributed by atoms with van der Waals surface area (Å²) in [6.45, 7) is 4.77. The average Bonchev–Trinajstić information content (AvgIpc) is 3.37. The zero-order valence-electron chi connectivity index (χ0n) is 20.4. The molecule has 3 aliphatic rings. The minimum Gasteiger partial charge on any atom is -0.339 e. The first-order valence-electron chi connectivity index (χ1n) is 12.7. The summed E-state index contributed by atoms with van der Waals surface area (Å²) in [5.41, 5.74) is -0.0948. The largest absolute Gasteiger partial charge is 0.339 e. The Morgan fingerprint density at radius 2 is 2.00 bits per heavy atom. The summed E-state index contributed by atoms with van der Waals surface area (Å²) in [5, 5.41) is 3.11. The van der Waals surface area contributed by atoms with E-state index in [0.29, 0.717) is 44.9 Å². The number of nitrogens with zero attached hydrogens (tertiary/aromatic N) is 4. The normalized spacial score (nSPS) is 26.6. The molecule has 0 aromatic carbocycles. The highest BCUT2D eigenvalue weighted by Crippen LogP contribution is 2.37. The Kier molecular flexibility index (Phi) is 7.66. The van der Waals surface area contributed by atoms with Gasteiger partial charge in [0, 0.05) is 37.9 Å². The van der Waals surface area contributed by atoms with Crippen molar-refractivity contribution in [1.82, 2.24) is 25.0 Å². The number of carbonyl (C=O) groups is 3. The highest BCUT2D eigenvalue weighted by atomic mass is 16.2. The van der Waals surface area contributed by atoms with Gasteiger partial charge >= 0.3 is 6.03 Å². The van der Waals surface area contributed by atoms with Crippen LogP contribution in [0.25, 0.3) is 6.08 Å². The molecule has 34 heavy (non-hydrogen) atoms. The Hall–Kier alpha value is -2.74. The van der Waals surface area contributed by atoms with Gasteiger partial charge in [0.1, 0.15) is 5.54 Å². The average molecular weight is 468 g/mol. The van der Waals surface area contributed by atoms with Crippen molar-refractivity contribution >= 4 is 23.9 Å². The fraction of sp³-hybridized carbons (Fsp3) is 0.615. The SMILES string of the molecule is CCC[C@]1(C2CCN(C(=O)/C=C/c3ccccn3)CC2)NC(=O)N(CC[C@H]2CCCN2C)C1=O. The molecule has 0 spiro atoms. The molecule has 3 aliphatic heterocycles. The second-order valence-corrected chi connectivity index (χ2v) is 9.86. The molecule has 0 saturated carbocycles. The van der Waals surface area contributed by atoms with Gasteiger partial charge in [0.25, 0.3) is 5.91 Å². The number of piperidine rings is 1. The number of rotatable bonds is 8. The van der Waals surface area contributed by atoms with Gasteiger partial charge in [0.05, 0.1) is 5.69 Å². The van der Waals surface area contributed by atoms with Gasteiger partial charge in [-0.3, -0.25) is 19.5 Å². The molecular weight excluding hydrogens is 430 g/mol. The fourth-order valence-corrected chi connectivity index (χ4v) is 5.84. The smallest absolute Gasteiger partial charge is 0.325 e. The first-order valence-corrected chi connectivity index (χ1v) is 12.7. The zero-order valence-corrected chi connectivity index (χ0v) is 20.4. The van der Waals surface area contributed by atoms with Crippen LogP contribution in [0.1, 0.15) is 57.6 Å². The van der Waals surface area contributed by atoms with Gasteiger partial charge in [-0.2, -0.15) is 0 Å². The second kappa shape index (κ2) is 10.7. The fourth-order valence-electron chi connectivity index (χ4n) is 5.84. The van der Waals surface area contributed by atoms with E-state index in [2.05, 4.69) is 29.2 Å². The van der Waals surface area contributed by atoms with Crippen LogP contribution in [0.2, 0.25) is 0 Å². The standard InChI is InChI=1S/C26H37N5O3/c1-3-14-26(24(33)31(25(34)28-26)19-13-22-8-6-16-29(22)2)20-11-17-30(18-12-20)23(32)10-9-21-7-4-5-15-27-21/h4-5,7,9-10,15,20,22H,3,6,8,11-14,16-19H2,1-2H3,(H,28,34)/b10-9+/t22-,26-/m1/s1. The van der Waals surface area contributed by atoms with Crippen molar-refractivity contribution in [3.05, 3.63) is 36.2 Å². The minimum absolute atomic E-state index is 0.0341. The van der Waals surface area contributed by atoms with E-state index in [4.69, 9.17) is 0 Å². The zero-order chi connectivity index (χ0) is 24.1. The Morgan fingerprint density at radius 3 is 2.65 bits per heavy atom. The molecule has 0 aliphatic carbocycles. The first-order chi connectivity index (χ1) is 16.4. The molecule has 2 atom stereocenters. The van der Waals surface area contributed by atoms with Crippen molar-refractivity contribution in [2.24, 2.45) is 5.92 Å². The van der Waals surface area contributed by atoms with Crippen LogP contribution in [0.5, 0.6) is 0 Å². The summed E-state index contributed by atoms with van der Waals surface area (Å²) >= 11 is 0. The van der Waals surface area contributed by atoms with Crippen LogP contribution in [0, 0.1) is 5.92 Å². The molecule has 1 aromatic heterocycles. The molecule has 0 radical (unpaired) electrons. The maximum Gasteiger partial charge on any atom is 0.325 e. The minimum atomic E-state index is -0.841. The van der Waals surface area contributed by atoms with Gasteiger partial charge in [0.2, 0.25) is 5.91 Å². The van der Waals surface area contributed by atoms with E-state index >= 15 is 0 Å². The number of nitrogens with one attached hydrogen (secondary N) is 1. The number of urea groups is 1. The van der Waals surface area contributed by atoms with E-state index in [9.17, 15) is 14.4 Å². The van der Waals surface area contributed by atoms with Crippen molar-refractivity contribution in [2.75, 3.05) is 33.2 Å². The number of imide groups is 1. The maximum atomic E-state index is 13.6. The number of likely N-dealkylation sites (tertiary alicyclic amines) is 2. The molecule has 184 valence electrons. The summed E-state index contributed by atoms with van der Waals surface area (Å²) in [6.07, 6.45) is 11.0. The number of aromatic nitrogens is 1. The van der Waals surface area contributed by atoms with E-state index in [-0.39, 0.29) is 23.8 Å². The molecule has 0 unspecified atom stereocenters. The first kappa shape index (κ1) is 24.4. The lowest BCUT2D eigenvalue weighted by molar-refractivity contribution is -0.135. The van der Waals surface area contributed by atoms with Crippen molar-refractivity contribution in [3.8, 4) is 0 Å². The van der Waals surface area contributed by atoms with E-state index < -0.39 is 5.54 Å². The molecule has 3 fully saturated rings. The highest BCUT2D eigenvalue weighted by Gasteiger charge is 2.55. The van der Waals surface area contributed by atoms with Crippen LogP contribution < -0.4 is 5.32 Å². The third kappa shape index (κ3) is 5.02. The lowest BCUT2D eigenvalue weighted by atomic mass is 9.74. The predicted molar refractivity (Wildman–Crippen MR) is 131 cm³/mol. The summed E-state index contributed by atoms with van der Waals surface area (Å²) in [5.74, 6) is -0.0792. The van der Waals surface area contributed by atoms with Crippen molar-refractivity contribution < 1.29 is 14.4 Å². The maximum absolute atomic E-state index is 13.6. The van der Waals surface area contributed by atoms with Gasteiger partial charge in [-0.1, -0.05) is 19.4 Å². The van der Waals surface area contributed by atoms with Crippen LogP contribution in [0.4, 0.5) is 4.79 Å². The molecule has 0 bridgehead atoms. The molecule has 1 aromatic rings. The van der Waals surface area contributed by atoms with E-state index in [1.807, 2.05) is 23.1 Å². The Bertz CT molecular complexity index is 912. The quantitative estimate of drug-likeness (QED) is 0.469. The number of amides is 4. The van der Waals surface area contributed by atoms with Gasteiger partial charge < -0.3 is 15.1 Å². The van der Waals surface area contributed by atoms with Crippen molar-refractivity contribution in [3.63, 3.8) is 0 Å². The summed E-state index contributed by atoms with van der Waals surface area (Å²) in [6, 6.07) is 5.77. The molecule has 4 amide bonds. The van der Waals surface area contributed by atoms with E-state index in [1.165, 1.54) is 11.3 Å². The van der Waals surface area contributed by atoms with Gasteiger partial charge in [-0.25, -0.2) is 4.79 Å². The van der Waals surface area contributed by atoms with Crippen LogP contribution in [-0.4, -0.2) is 82.3 Å². The second-order valence-electron chi connectivity index (χ2n) is 9.86. The Morgan fingerprint density at radius 1 is 1.21 bits per heavy atom. The molecule has 4 rings (SSSR count). The van der Waals surface area contributed by atoms with Gasteiger partial charge in [-0.05, 0) is 76.2 Å². The summed E-state index contributed by atoms with van der Waals surface area (Å²) in [7, 11) is 2.12. The van der Waals surface area contributed by atoms with Crippen LogP contribution in [0.3, 0.4) is 0 Å². The molecular formula is C26H37N5O3. The number of carbonyl (C=O) groups excluding carboxylic acids is 3. The number of hydrogen-bond acceptors (Lipinski definition) is 5. The van der Waals surface area contributed by atoms with E-state index in [0.717, 1.165) is 31.5 Å². The molecule has 4 heterocycles.